The second-order valence-electron chi connectivity index (χ2n) is 6.22. The third-order valence-corrected chi connectivity index (χ3v) is 6.45. The fourth-order valence-electron chi connectivity index (χ4n) is 2.42. The Kier molecular flexibility index (Phi) is 5.49. The summed E-state index contributed by atoms with van der Waals surface area (Å²) in [6, 6.07) is 10.8. The van der Waals surface area contributed by atoms with Gasteiger partial charge in [-0.1, -0.05) is 0 Å². The standard InChI is InChI=1S/C19H20BrIN2O/c1-12-9-19(24-15-6-7-17(21)16(20)10-15)13(2)8-18(12)22-11-23(3)14-4-5-14/h6-11,14H,4-5H2,1-3H3. The molecular weight excluding hydrogens is 479 g/mol. The second-order valence-corrected chi connectivity index (χ2v) is 8.24. The summed E-state index contributed by atoms with van der Waals surface area (Å²) in [5, 5.41) is 0. The quantitative estimate of drug-likeness (QED) is 0.278. The molecule has 2 aromatic rings. The molecule has 0 radical (unpaired) electrons. The van der Waals surface area contributed by atoms with E-state index in [4.69, 9.17) is 4.74 Å². The van der Waals surface area contributed by atoms with Gasteiger partial charge in [0, 0.05) is 21.1 Å². The highest BCUT2D eigenvalue weighted by Crippen LogP contribution is 2.33. The third kappa shape index (κ3) is 4.30. The average Bonchev–Trinajstić information content (AvgIpc) is 3.37. The summed E-state index contributed by atoms with van der Waals surface area (Å²) in [6.45, 7) is 4.13. The van der Waals surface area contributed by atoms with E-state index in [1.54, 1.807) is 0 Å². The van der Waals surface area contributed by atoms with Crippen LogP contribution in [0.4, 0.5) is 5.69 Å². The molecule has 2 aromatic carbocycles. The first-order valence-corrected chi connectivity index (χ1v) is 9.81. The molecular formula is C19H20BrIN2O. The molecule has 1 aliphatic rings. The van der Waals surface area contributed by atoms with Crippen molar-refractivity contribution >= 4 is 50.5 Å². The molecule has 3 rings (SSSR count). The highest BCUT2D eigenvalue weighted by Gasteiger charge is 2.24. The zero-order valence-electron chi connectivity index (χ0n) is 14.0. The monoisotopic (exact) mass is 498 g/mol. The van der Waals surface area contributed by atoms with Gasteiger partial charge in [0.05, 0.1) is 12.0 Å². The van der Waals surface area contributed by atoms with Gasteiger partial charge in [-0.3, -0.25) is 0 Å². The molecule has 24 heavy (non-hydrogen) atoms. The van der Waals surface area contributed by atoms with E-state index >= 15 is 0 Å². The van der Waals surface area contributed by atoms with Gasteiger partial charge in [0.25, 0.3) is 0 Å². The van der Waals surface area contributed by atoms with Crippen LogP contribution in [0.2, 0.25) is 0 Å². The summed E-state index contributed by atoms with van der Waals surface area (Å²) in [7, 11) is 2.09. The van der Waals surface area contributed by atoms with Crippen molar-refractivity contribution in [3.05, 3.63) is 49.5 Å². The molecule has 0 unspecified atom stereocenters. The number of hydrogen-bond donors (Lipinski definition) is 0. The predicted molar refractivity (Wildman–Crippen MR) is 112 cm³/mol. The van der Waals surface area contributed by atoms with Crippen molar-refractivity contribution in [1.82, 2.24) is 4.90 Å². The maximum absolute atomic E-state index is 6.06. The van der Waals surface area contributed by atoms with Crippen LogP contribution in [0.3, 0.4) is 0 Å². The Labute approximate surface area is 165 Å². The summed E-state index contributed by atoms with van der Waals surface area (Å²) in [5.74, 6) is 1.70. The Morgan fingerprint density at radius 1 is 1.21 bits per heavy atom. The number of ether oxygens (including phenoxy) is 1. The van der Waals surface area contributed by atoms with Crippen molar-refractivity contribution in [2.75, 3.05) is 7.05 Å². The van der Waals surface area contributed by atoms with Gasteiger partial charge in [-0.25, -0.2) is 4.99 Å². The van der Waals surface area contributed by atoms with E-state index in [0.717, 1.165) is 36.4 Å². The van der Waals surface area contributed by atoms with Crippen LogP contribution in [-0.2, 0) is 0 Å². The molecule has 1 aliphatic carbocycles. The van der Waals surface area contributed by atoms with E-state index in [-0.39, 0.29) is 0 Å². The van der Waals surface area contributed by atoms with Crippen molar-refractivity contribution in [3.8, 4) is 11.5 Å². The lowest BCUT2D eigenvalue weighted by molar-refractivity contribution is 0.478. The molecule has 3 nitrogen and oxygen atoms in total. The van der Waals surface area contributed by atoms with Gasteiger partial charge in [-0.2, -0.15) is 0 Å². The maximum Gasteiger partial charge on any atom is 0.130 e. The lowest BCUT2D eigenvalue weighted by Gasteiger charge is -2.13. The minimum atomic E-state index is 0.678. The van der Waals surface area contributed by atoms with Crippen LogP contribution in [0.25, 0.3) is 0 Å². The first kappa shape index (κ1) is 17.7. The lowest BCUT2D eigenvalue weighted by atomic mass is 10.1. The molecule has 0 spiro atoms. The third-order valence-electron chi connectivity index (χ3n) is 4.11. The van der Waals surface area contributed by atoms with Crippen molar-refractivity contribution in [2.45, 2.75) is 32.7 Å². The number of nitrogens with zero attached hydrogens (tertiary/aromatic N) is 2. The Balaban J connectivity index is 1.79. The van der Waals surface area contributed by atoms with E-state index in [1.807, 2.05) is 24.5 Å². The van der Waals surface area contributed by atoms with Crippen molar-refractivity contribution in [1.29, 1.82) is 0 Å². The number of hydrogen-bond acceptors (Lipinski definition) is 2. The number of benzene rings is 2. The topological polar surface area (TPSA) is 24.8 Å². The summed E-state index contributed by atoms with van der Waals surface area (Å²) in [6.07, 6.45) is 4.49. The summed E-state index contributed by atoms with van der Waals surface area (Å²) in [4.78, 5) is 6.84. The van der Waals surface area contributed by atoms with E-state index in [9.17, 15) is 0 Å². The molecule has 0 N–H and O–H groups in total. The Morgan fingerprint density at radius 2 is 1.96 bits per heavy atom. The molecule has 0 amide bonds. The molecule has 0 heterocycles. The molecule has 126 valence electrons. The smallest absolute Gasteiger partial charge is 0.130 e. The van der Waals surface area contributed by atoms with Gasteiger partial charge in [0.15, 0.2) is 0 Å². The molecule has 0 bridgehead atoms. The number of halogens is 2. The predicted octanol–water partition coefficient (Wildman–Crippen LogP) is 6.22. The largest absolute Gasteiger partial charge is 0.457 e. The molecule has 1 saturated carbocycles. The zero-order chi connectivity index (χ0) is 17.3. The van der Waals surface area contributed by atoms with E-state index < -0.39 is 0 Å². The minimum Gasteiger partial charge on any atom is -0.457 e. The molecule has 0 saturated heterocycles. The molecule has 0 atom stereocenters. The normalized spacial score (nSPS) is 14.2. The fourth-order valence-corrected chi connectivity index (χ4v) is 3.11. The zero-order valence-corrected chi connectivity index (χ0v) is 17.8. The fraction of sp³-hybridized carbons (Fsp3) is 0.316. The Morgan fingerprint density at radius 3 is 2.62 bits per heavy atom. The number of aryl methyl sites for hydroxylation is 2. The maximum atomic E-state index is 6.06. The minimum absolute atomic E-state index is 0.678. The van der Waals surface area contributed by atoms with Crippen LogP contribution in [-0.4, -0.2) is 24.3 Å². The van der Waals surface area contributed by atoms with Gasteiger partial charge in [-0.05, 0) is 107 Å². The van der Waals surface area contributed by atoms with Crippen LogP contribution in [0.15, 0.2) is 39.8 Å². The Hall–Kier alpha value is -1.08. The second kappa shape index (κ2) is 7.44. The number of aliphatic imine (C=N–C) groups is 1. The first-order valence-electron chi connectivity index (χ1n) is 7.94. The average molecular weight is 499 g/mol. The van der Waals surface area contributed by atoms with E-state index in [1.165, 1.54) is 12.8 Å². The first-order chi connectivity index (χ1) is 11.4. The van der Waals surface area contributed by atoms with Crippen molar-refractivity contribution in [2.24, 2.45) is 4.99 Å². The summed E-state index contributed by atoms with van der Waals surface area (Å²) >= 11 is 5.83. The van der Waals surface area contributed by atoms with Gasteiger partial charge < -0.3 is 9.64 Å². The van der Waals surface area contributed by atoms with Crippen LogP contribution in [0, 0.1) is 17.4 Å². The summed E-state index contributed by atoms with van der Waals surface area (Å²) < 4.78 is 8.26. The van der Waals surface area contributed by atoms with E-state index in [2.05, 4.69) is 81.4 Å². The lowest BCUT2D eigenvalue weighted by Crippen LogP contribution is -2.17. The molecule has 0 aliphatic heterocycles. The van der Waals surface area contributed by atoms with Gasteiger partial charge >= 0.3 is 0 Å². The molecule has 5 heteroatoms. The van der Waals surface area contributed by atoms with E-state index in [0.29, 0.717) is 6.04 Å². The van der Waals surface area contributed by atoms with Crippen molar-refractivity contribution in [3.63, 3.8) is 0 Å². The van der Waals surface area contributed by atoms with Gasteiger partial charge in [0.1, 0.15) is 11.5 Å². The van der Waals surface area contributed by atoms with Gasteiger partial charge in [0.2, 0.25) is 0 Å². The molecule has 1 fully saturated rings. The number of rotatable bonds is 5. The van der Waals surface area contributed by atoms with Crippen LogP contribution >= 0.6 is 38.5 Å². The molecule has 0 aromatic heterocycles. The highest BCUT2D eigenvalue weighted by atomic mass is 127. The van der Waals surface area contributed by atoms with Crippen molar-refractivity contribution < 1.29 is 4.74 Å². The summed E-state index contributed by atoms with van der Waals surface area (Å²) in [5.41, 5.74) is 3.19. The Bertz CT molecular complexity index is 787. The van der Waals surface area contributed by atoms with Crippen LogP contribution < -0.4 is 4.74 Å². The van der Waals surface area contributed by atoms with Crippen LogP contribution in [0.1, 0.15) is 24.0 Å². The SMILES string of the molecule is Cc1cc(Oc2ccc(I)c(Br)c2)c(C)cc1N=CN(C)C1CC1. The van der Waals surface area contributed by atoms with Crippen LogP contribution in [0.5, 0.6) is 11.5 Å². The van der Waals surface area contributed by atoms with Gasteiger partial charge in [-0.15, -0.1) is 0 Å². The highest BCUT2D eigenvalue weighted by molar-refractivity contribution is 14.1.